The Labute approximate surface area is 242 Å². The van der Waals surface area contributed by atoms with Gasteiger partial charge in [-0.1, -0.05) is 38.1 Å². The molecule has 41 heavy (non-hydrogen) atoms. The molecule has 1 aromatic heterocycles. The van der Waals surface area contributed by atoms with Crippen LogP contribution in [0.15, 0.2) is 60.8 Å². The van der Waals surface area contributed by atoms with Crippen molar-refractivity contribution in [2.24, 2.45) is 0 Å². The fourth-order valence-corrected chi connectivity index (χ4v) is 4.82. The van der Waals surface area contributed by atoms with E-state index < -0.39 is 12.1 Å². The minimum atomic E-state index is -0.862. The number of ether oxygens (including phenoxy) is 2. The summed E-state index contributed by atoms with van der Waals surface area (Å²) in [6.07, 6.45) is 4.13. The molecule has 0 fully saturated rings. The van der Waals surface area contributed by atoms with Crippen LogP contribution in [0.3, 0.4) is 0 Å². The quantitative estimate of drug-likeness (QED) is 0.357. The predicted molar refractivity (Wildman–Crippen MR) is 158 cm³/mol. The van der Waals surface area contributed by atoms with E-state index in [9.17, 15) is 14.7 Å². The van der Waals surface area contributed by atoms with Crippen LogP contribution in [0.25, 0.3) is 0 Å². The van der Waals surface area contributed by atoms with Crippen molar-refractivity contribution >= 4 is 11.7 Å². The molecule has 0 aliphatic carbocycles. The number of hydrogen-bond acceptors (Lipinski definition) is 7. The standard InChI is InChI=1S/C33H41N3O5/c1-22(2)26-10-11-35-28(15-26)19-34-20-32(38)31-14-25-9-6-8-24(13-25)7-4-5-12-40-29-16-27(33(39)36-31)17-30(18-29)41-21-23(3)37/h6,8-11,13,15-18,22,31-32,34,38H,4-5,7,12,14,19-21H2,1-3H3,(H,36,39)/t31-,32+/m0/s1. The van der Waals surface area contributed by atoms with Gasteiger partial charge in [0.15, 0.2) is 5.78 Å². The lowest BCUT2D eigenvalue weighted by Crippen LogP contribution is -2.48. The number of pyridine rings is 1. The van der Waals surface area contributed by atoms with Crippen LogP contribution in [0.2, 0.25) is 0 Å². The van der Waals surface area contributed by atoms with Crippen molar-refractivity contribution in [3.8, 4) is 11.5 Å². The van der Waals surface area contributed by atoms with Crippen LogP contribution in [0.1, 0.15) is 72.3 Å². The van der Waals surface area contributed by atoms with Crippen LogP contribution < -0.4 is 20.1 Å². The number of carbonyl (C=O) groups excluding carboxylic acids is 2. The third-order valence-corrected chi connectivity index (χ3v) is 7.11. The van der Waals surface area contributed by atoms with Gasteiger partial charge in [0.2, 0.25) is 0 Å². The van der Waals surface area contributed by atoms with Gasteiger partial charge in [0.1, 0.15) is 18.1 Å². The SMILES string of the molecule is CC(=O)COc1cc2cc(c1)C(=O)N[C@H]([C@H](O)CNCc1cc(C(C)C)ccn1)Cc1cccc(c1)CCCCO2. The summed E-state index contributed by atoms with van der Waals surface area (Å²) in [4.78, 5) is 29.4. The topological polar surface area (TPSA) is 110 Å². The summed E-state index contributed by atoms with van der Waals surface area (Å²) in [5.74, 6) is 0.809. The van der Waals surface area contributed by atoms with Crippen molar-refractivity contribution in [1.82, 2.24) is 15.6 Å². The number of nitrogens with zero attached hydrogens (tertiary/aromatic N) is 1. The number of aliphatic hydroxyl groups excluding tert-OH is 1. The molecule has 1 aliphatic heterocycles. The highest BCUT2D eigenvalue weighted by atomic mass is 16.5. The number of benzene rings is 2. The van der Waals surface area contributed by atoms with Crippen molar-refractivity contribution < 1.29 is 24.2 Å². The first-order chi connectivity index (χ1) is 19.8. The van der Waals surface area contributed by atoms with Gasteiger partial charge in [-0.3, -0.25) is 14.6 Å². The molecule has 4 rings (SSSR count). The number of aliphatic hydroxyl groups is 1. The first-order valence-corrected chi connectivity index (χ1v) is 14.4. The van der Waals surface area contributed by atoms with Crippen molar-refractivity contribution in [2.45, 2.75) is 71.1 Å². The summed E-state index contributed by atoms with van der Waals surface area (Å²) in [7, 11) is 0. The van der Waals surface area contributed by atoms with E-state index in [0.29, 0.717) is 42.6 Å². The summed E-state index contributed by atoms with van der Waals surface area (Å²) in [6, 6.07) is 16.8. The van der Waals surface area contributed by atoms with E-state index in [1.54, 1.807) is 18.2 Å². The maximum absolute atomic E-state index is 13.5. The Hall–Kier alpha value is -3.75. The average molecular weight is 560 g/mol. The third-order valence-electron chi connectivity index (χ3n) is 7.11. The second kappa shape index (κ2) is 14.8. The molecular weight excluding hydrogens is 518 g/mol. The zero-order valence-corrected chi connectivity index (χ0v) is 24.2. The molecular formula is C33H41N3O5. The minimum Gasteiger partial charge on any atom is -0.493 e. The number of aromatic nitrogens is 1. The van der Waals surface area contributed by atoms with Gasteiger partial charge in [-0.25, -0.2) is 0 Å². The summed E-state index contributed by atoms with van der Waals surface area (Å²) in [6.45, 7) is 6.91. The molecule has 2 aromatic carbocycles. The number of ketones is 1. The summed E-state index contributed by atoms with van der Waals surface area (Å²) in [5.41, 5.74) is 4.71. The second-order valence-electron chi connectivity index (χ2n) is 11.0. The Morgan fingerprint density at radius 2 is 1.98 bits per heavy atom. The molecule has 2 heterocycles. The highest BCUT2D eigenvalue weighted by Gasteiger charge is 2.24. The molecule has 3 aromatic rings. The van der Waals surface area contributed by atoms with Crippen LogP contribution in [0.5, 0.6) is 11.5 Å². The van der Waals surface area contributed by atoms with Crippen LogP contribution in [-0.2, 0) is 24.2 Å². The summed E-state index contributed by atoms with van der Waals surface area (Å²) >= 11 is 0. The fraction of sp³-hybridized carbons (Fsp3) is 0.424. The molecule has 4 bridgehead atoms. The van der Waals surface area contributed by atoms with Gasteiger partial charge in [-0.05, 0) is 79.5 Å². The number of nitrogens with one attached hydrogen (secondary N) is 2. The van der Waals surface area contributed by atoms with E-state index >= 15 is 0 Å². The summed E-state index contributed by atoms with van der Waals surface area (Å²) in [5, 5.41) is 17.6. The van der Waals surface area contributed by atoms with Gasteiger partial charge in [0, 0.05) is 30.9 Å². The second-order valence-corrected chi connectivity index (χ2v) is 11.0. The Morgan fingerprint density at radius 1 is 1.15 bits per heavy atom. The van der Waals surface area contributed by atoms with E-state index in [2.05, 4.69) is 47.7 Å². The molecule has 0 saturated heterocycles. The molecule has 1 aliphatic rings. The normalized spacial score (nSPS) is 16.6. The molecule has 8 nitrogen and oxygen atoms in total. The molecule has 0 saturated carbocycles. The number of carbonyl (C=O) groups is 2. The highest BCUT2D eigenvalue weighted by molar-refractivity contribution is 5.95. The van der Waals surface area contributed by atoms with Crippen LogP contribution in [0, 0.1) is 0 Å². The first kappa shape index (κ1) is 30.2. The van der Waals surface area contributed by atoms with E-state index in [1.165, 1.54) is 18.1 Å². The minimum absolute atomic E-state index is 0.0952. The van der Waals surface area contributed by atoms with Gasteiger partial charge in [-0.2, -0.15) is 0 Å². The lowest BCUT2D eigenvalue weighted by molar-refractivity contribution is -0.118. The molecule has 3 N–H and O–H groups in total. The van der Waals surface area contributed by atoms with Gasteiger partial charge in [0.05, 0.1) is 24.4 Å². The number of aryl methyl sites for hydroxylation is 1. The molecule has 1 amide bonds. The molecule has 0 unspecified atom stereocenters. The highest BCUT2D eigenvalue weighted by Crippen LogP contribution is 2.24. The first-order valence-electron chi connectivity index (χ1n) is 14.4. The van der Waals surface area contributed by atoms with Crippen molar-refractivity contribution in [2.75, 3.05) is 19.8 Å². The lowest BCUT2D eigenvalue weighted by atomic mass is 9.97. The predicted octanol–water partition coefficient (Wildman–Crippen LogP) is 4.38. The number of amides is 1. The smallest absolute Gasteiger partial charge is 0.251 e. The maximum Gasteiger partial charge on any atom is 0.251 e. The molecule has 0 radical (unpaired) electrons. The number of Topliss-reactive ketones (excluding diaryl/α,β-unsaturated/α-hetero) is 1. The van der Waals surface area contributed by atoms with Crippen molar-refractivity contribution in [1.29, 1.82) is 0 Å². The molecule has 8 heteroatoms. The Morgan fingerprint density at radius 3 is 2.78 bits per heavy atom. The van der Waals surface area contributed by atoms with Crippen LogP contribution >= 0.6 is 0 Å². The van der Waals surface area contributed by atoms with E-state index in [-0.39, 0.29) is 24.8 Å². The van der Waals surface area contributed by atoms with Crippen molar-refractivity contribution in [3.05, 3.63) is 88.7 Å². The fourth-order valence-electron chi connectivity index (χ4n) is 4.82. The molecule has 2 atom stereocenters. The Balaban J connectivity index is 1.54. The largest absolute Gasteiger partial charge is 0.493 e. The number of rotatable bonds is 9. The lowest BCUT2D eigenvalue weighted by Gasteiger charge is -2.25. The van der Waals surface area contributed by atoms with Crippen LogP contribution in [0.4, 0.5) is 0 Å². The number of fused-ring (bicyclic) bond motifs is 4. The van der Waals surface area contributed by atoms with E-state index in [4.69, 9.17) is 9.47 Å². The Kier molecular flexibility index (Phi) is 10.9. The molecule has 0 spiro atoms. The van der Waals surface area contributed by atoms with Gasteiger partial charge >= 0.3 is 0 Å². The maximum atomic E-state index is 13.5. The Bertz CT molecular complexity index is 1330. The van der Waals surface area contributed by atoms with Crippen LogP contribution in [-0.4, -0.2) is 53.7 Å². The van der Waals surface area contributed by atoms with E-state index in [0.717, 1.165) is 30.5 Å². The zero-order valence-electron chi connectivity index (χ0n) is 24.2. The van der Waals surface area contributed by atoms with Gasteiger partial charge in [0.25, 0.3) is 5.91 Å². The summed E-state index contributed by atoms with van der Waals surface area (Å²) < 4.78 is 11.6. The third kappa shape index (κ3) is 9.40. The van der Waals surface area contributed by atoms with E-state index in [1.807, 2.05) is 24.4 Å². The molecule has 218 valence electrons. The van der Waals surface area contributed by atoms with Gasteiger partial charge in [-0.15, -0.1) is 0 Å². The van der Waals surface area contributed by atoms with Gasteiger partial charge < -0.3 is 25.2 Å². The number of hydrogen-bond donors (Lipinski definition) is 3. The average Bonchev–Trinajstić information content (AvgIpc) is 2.95. The zero-order chi connectivity index (χ0) is 29.2. The van der Waals surface area contributed by atoms with Crippen molar-refractivity contribution in [3.63, 3.8) is 0 Å². The monoisotopic (exact) mass is 559 g/mol.